The lowest BCUT2D eigenvalue weighted by Crippen LogP contribution is -2.11. The first-order valence-corrected chi connectivity index (χ1v) is 18.7. The molecule has 0 amide bonds. The maximum absolute atomic E-state index is 5.24. The maximum Gasteiger partial charge on any atom is 0.0788 e. The van der Waals surface area contributed by atoms with Gasteiger partial charge in [-0.25, -0.2) is 4.98 Å². The van der Waals surface area contributed by atoms with Crippen LogP contribution in [0.15, 0.2) is 183 Å². The van der Waals surface area contributed by atoms with Gasteiger partial charge in [0, 0.05) is 57.0 Å². The van der Waals surface area contributed by atoms with Crippen molar-refractivity contribution in [1.82, 2.24) is 9.55 Å². The van der Waals surface area contributed by atoms with Crippen molar-refractivity contribution in [3.63, 3.8) is 0 Å². The summed E-state index contributed by atoms with van der Waals surface area (Å²) in [6.07, 6.45) is 12.6. The Hall–Kier alpha value is -6.97. The van der Waals surface area contributed by atoms with Crippen LogP contribution in [0.4, 0.5) is 11.4 Å². The molecule has 0 spiro atoms. The minimum absolute atomic E-state index is 0.894. The third-order valence-corrected chi connectivity index (χ3v) is 10.3. The molecule has 8 aromatic rings. The molecule has 0 atom stereocenters. The van der Waals surface area contributed by atoms with Crippen molar-refractivity contribution in [3.8, 4) is 16.8 Å². The van der Waals surface area contributed by atoms with Crippen LogP contribution in [0.5, 0.6) is 0 Å². The average molecular weight is 710 g/mol. The van der Waals surface area contributed by atoms with Crippen molar-refractivity contribution < 1.29 is 0 Å². The summed E-state index contributed by atoms with van der Waals surface area (Å²) in [5.41, 5.74) is 13.7. The normalized spacial score (nSPS) is 12.0. The summed E-state index contributed by atoms with van der Waals surface area (Å²) in [6.45, 7) is 13.1. The zero-order valence-electron chi connectivity index (χ0n) is 31.6. The molecule has 2 heterocycles. The number of benzene rings is 6. The molecule has 3 nitrogen and oxygen atoms in total. The van der Waals surface area contributed by atoms with Crippen LogP contribution in [0.1, 0.15) is 36.4 Å². The quantitative estimate of drug-likeness (QED) is 0.104. The van der Waals surface area contributed by atoms with Crippen LogP contribution in [0.25, 0.3) is 72.7 Å². The molecule has 266 valence electrons. The van der Waals surface area contributed by atoms with Crippen molar-refractivity contribution in [2.45, 2.75) is 13.8 Å². The van der Waals surface area contributed by atoms with Gasteiger partial charge in [0.05, 0.1) is 22.4 Å². The van der Waals surface area contributed by atoms with Gasteiger partial charge in [-0.1, -0.05) is 128 Å². The van der Waals surface area contributed by atoms with Crippen molar-refractivity contribution >= 4 is 67.3 Å². The number of aromatic nitrogens is 2. The van der Waals surface area contributed by atoms with Gasteiger partial charge in [-0.2, -0.15) is 0 Å². The Labute approximate surface area is 323 Å². The van der Waals surface area contributed by atoms with Gasteiger partial charge in [-0.05, 0) is 103 Å². The lowest BCUT2D eigenvalue weighted by atomic mass is 9.93. The molecule has 55 heavy (non-hydrogen) atoms. The number of hydrogen-bond acceptors (Lipinski definition) is 2. The molecule has 0 radical (unpaired) electrons. The van der Waals surface area contributed by atoms with Gasteiger partial charge in [0.25, 0.3) is 0 Å². The number of nitrogens with zero attached hydrogens (tertiary/aromatic N) is 3. The molecule has 2 aromatic heterocycles. The Morgan fingerprint density at radius 3 is 2.05 bits per heavy atom. The summed E-state index contributed by atoms with van der Waals surface area (Å²) in [7, 11) is 2.12. The monoisotopic (exact) mass is 709 g/mol. The Morgan fingerprint density at radius 1 is 0.673 bits per heavy atom. The molecule has 0 fully saturated rings. The standard InChI is InChI=1S/C52H43N3/c1-6-19-39(52-45-27-16-15-25-43(45)44-26-17-18-28-48(44)53-52)33-36(4)46-34-37(29-31-49(46)54(5)40-21-11-9-12-22-40)38-30-32-51-47(35-38)42(8-3)50(20-7-2)55(51)41-23-13-10-14-24-41/h6-35H,3-4H2,1-2,5H3/b19-6-,20-7-,39-33+. The minimum Gasteiger partial charge on any atom is -0.344 e. The van der Waals surface area contributed by atoms with Crippen molar-refractivity contribution in [1.29, 1.82) is 0 Å². The van der Waals surface area contributed by atoms with Gasteiger partial charge in [-0.3, -0.25) is 0 Å². The van der Waals surface area contributed by atoms with Crippen molar-refractivity contribution in [2.24, 2.45) is 0 Å². The van der Waals surface area contributed by atoms with Gasteiger partial charge < -0.3 is 9.47 Å². The molecule has 0 unspecified atom stereocenters. The molecule has 3 heteroatoms. The molecule has 0 N–H and O–H groups in total. The Kier molecular flexibility index (Phi) is 9.68. The van der Waals surface area contributed by atoms with Gasteiger partial charge in [0.15, 0.2) is 0 Å². The maximum atomic E-state index is 5.24. The summed E-state index contributed by atoms with van der Waals surface area (Å²) in [5.74, 6) is 0. The summed E-state index contributed by atoms with van der Waals surface area (Å²) in [4.78, 5) is 7.48. The van der Waals surface area contributed by atoms with E-state index >= 15 is 0 Å². The number of allylic oxidation sites excluding steroid dienone is 6. The van der Waals surface area contributed by atoms with E-state index in [-0.39, 0.29) is 0 Å². The lowest BCUT2D eigenvalue weighted by molar-refractivity contribution is 1.10. The van der Waals surface area contributed by atoms with Gasteiger partial charge in [0.1, 0.15) is 0 Å². The Balaban J connectivity index is 1.31. The van der Waals surface area contributed by atoms with E-state index in [1.165, 1.54) is 5.39 Å². The average Bonchev–Trinajstić information content (AvgIpc) is 3.55. The summed E-state index contributed by atoms with van der Waals surface area (Å²) >= 11 is 0. The van der Waals surface area contributed by atoms with Gasteiger partial charge >= 0.3 is 0 Å². The zero-order valence-corrected chi connectivity index (χ0v) is 31.6. The molecule has 0 aliphatic carbocycles. The molecule has 8 rings (SSSR count). The number of anilines is 2. The molecule has 0 bridgehead atoms. The molecular formula is C52H43N3. The highest BCUT2D eigenvalue weighted by molar-refractivity contribution is 6.10. The van der Waals surface area contributed by atoms with E-state index in [9.17, 15) is 0 Å². The number of para-hydroxylation sites is 3. The Bertz CT molecular complexity index is 2820. The fraction of sp³-hybridized carbons (Fsp3) is 0.0577. The highest BCUT2D eigenvalue weighted by Crippen LogP contribution is 2.40. The van der Waals surface area contributed by atoms with E-state index in [0.717, 1.165) is 89.0 Å². The summed E-state index contributed by atoms with van der Waals surface area (Å²) in [5, 5.41) is 4.59. The van der Waals surface area contributed by atoms with Crippen LogP contribution in [-0.4, -0.2) is 16.6 Å². The highest BCUT2D eigenvalue weighted by atomic mass is 15.1. The topological polar surface area (TPSA) is 21.1 Å². The molecule has 0 aliphatic heterocycles. The van der Waals surface area contributed by atoms with E-state index in [0.29, 0.717) is 0 Å². The van der Waals surface area contributed by atoms with E-state index in [2.05, 4.69) is 207 Å². The van der Waals surface area contributed by atoms with Gasteiger partial charge in [0.2, 0.25) is 0 Å². The van der Waals surface area contributed by atoms with Crippen LogP contribution in [0.3, 0.4) is 0 Å². The van der Waals surface area contributed by atoms with E-state index in [1.54, 1.807) is 0 Å². The molecule has 0 aliphatic rings. The van der Waals surface area contributed by atoms with Crippen molar-refractivity contribution in [2.75, 3.05) is 11.9 Å². The van der Waals surface area contributed by atoms with E-state index in [1.807, 2.05) is 12.1 Å². The number of pyridine rings is 1. The fourth-order valence-corrected chi connectivity index (χ4v) is 7.73. The van der Waals surface area contributed by atoms with Gasteiger partial charge in [-0.15, -0.1) is 0 Å². The zero-order chi connectivity index (χ0) is 37.9. The van der Waals surface area contributed by atoms with Crippen LogP contribution in [-0.2, 0) is 0 Å². The molecule has 0 saturated heterocycles. The summed E-state index contributed by atoms with van der Waals surface area (Å²) < 4.78 is 2.32. The van der Waals surface area contributed by atoms with E-state index < -0.39 is 0 Å². The largest absolute Gasteiger partial charge is 0.344 e. The number of hydrogen-bond donors (Lipinski definition) is 0. The number of fused-ring (bicyclic) bond motifs is 4. The smallest absolute Gasteiger partial charge is 0.0788 e. The van der Waals surface area contributed by atoms with Crippen LogP contribution in [0, 0.1) is 0 Å². The second-order valence-electron chi connectivity index (χ2n) is 13.7. The van der Waals surface area contributed by atoms with Crippen LogP contribution >= 0.6 is 0 Å². The van der Waals surface area contributed by atoms with E-state index in [4.69, 9.17) is 11.6 Å². The first-order valence-electron chi connectivity index (χ1n) is 18.7. The predicted octanol–water partition coefficient (Wildman–Crippen LogP) is 14.1. The second kappa shape index (κ2) is 15.2. The third kappa shape index (κ3) is 6.51. The van der Waals surface area contributed by atoms with Crippen molar-refractivity contribution in [3.05, 3.63) is 206 Å². The first kappa shape index (κ1) is 35.1. The Morgan fingerprint density at radius 2 is 1.33 bits per heavy atom. The fourth-order valence-electron chi connectivity index (χ4n) is 7.73. The third-order valence-electron chi connectivity index (χ3n) is 10.3. The lowest BCUT2D eigenvalue weighted by Gasteiger charge is -2.24. The van der Waals surface area contributed by atoms with Crippen LogP contribution < -0.4 is 4.90 Å². The SMILES string of the molecule is C=Cc1c(/C=C\C)n(-c2ccccc2)c2ccc(-c3ccc(N(C)c4ccccc4)c(C(=C)/C=C(\C=C/C)c4nc5ccccc5c5ccccc45)c3)cc12. The molecule has 0 saturated carbocycles. The first-order chi connectivity index (χ1) is 27.0. The molecular weight excluding hydrogens is 667 g/mol. The summed E-state index contributed by atoms with van der Waals surface area (Å²) in [6, 6.07) is 51.4. The second-order valence-corrected chi connectivity index (χ2v) is 13.7. The number of rotatable bonds is 10. The minimum atomic E-state index is 0.894. The molecule has 6 aromatic carbocycles. The predicted molar refractivity (Wildman–Crippen MR) is 239 cm³/mol. The van der Waals surface area contributed by atoms with Crippen LogP contribution in [0.2, 0.25) is 0 Å². The highest BCUT2D eigenvalue weighted by Gasteiger charge is 2.18.